The predicted molar refractivity (Wildman–Crippen MR) is 123 cm³/mol. The van der Waals surface area contributed by atoms with Crippen LogP contribution >= 0.6 is 0 Å². The lowest BCUT2D eigenvalue weighted by Gasteiger charge is -2.13. The summed E-state index contributed by atoms with van der Waals surface area (Å²) in [6, 6.07) is 14.6. The maximum absolute atomic E-state index is 12.9. The van der Waals surface area contributed by atoms with Crippen molar-refractivity contribution in [2.75, 3.05) is 28.4 Å². The van der Waals surface area contributed by atoms with Gasteiger partial charge in [0.15, 0.2) is 17.3 Å². The van der Waals surface area contributed by atoms with Gasteiger partial charge in [-0.2, -0.15) is 0 Å². The summed E-state index contributed by atoms with van der Waals surface area (Å²) in [4.78, 5) is 25.4. The van der Waals surface area contributed by atoms with Gasteiger partial charge in [-0.15, -0.1) is 0 Å². The van der Waals surface area contributed by atoms with E-state index in [0.717, 1.165) is 0 Å². The Labute approximate surface area is 196 Å². The topological polar surface area (TPSA) is 89.5 Å². The first-order chi connectivity index (χ1) is 16.5. The van der Waals surface area contributed by atoms with E-state index in [1.165, 1.54) is 34.5 Å². The molecule has 0 aliphatic carbocycles. The molecular weight excluding hydrogens is 440 g/mol. The van der Waals surface area contributed by atoms with E-state index >= 15 is 0 Å². The molecular formula is C26H22O8. The third-order valence-corrected chi connectivity index (χ3v) is 5.14. The molecule has 174 valence electrons. The molecule has 0 saturated heterocycles. The van der Waals surface area contributed by atoms with Crippen molar-refractivity contribution in [1.29, 1.82) is 0 Å². The van der Waals surface area contributed by atoms with E-state index in [1.807, 2.05) is 0 Å². The number of allylic oxidation sites excluding steroid dienone is 1. The fourth-order valence-electron chi connectivity index (χ4n) is 3.48. The SMILES string of the molecule is COc1cccc(C(=O)Oc2ccc3c(c2)O/C(=C\c2cc(OC)c(OC)c(OC)c2)C3=O)c1. The van der Waals surface area contributed by atoms with E-state index < -0.39 is 5.97 Å². The number of carbonyl (C=O) groups excluding carboxylic acids is 2. The highest BCUT2D eigenvalue weighted by Gasteiger charge is 2.28. The lowest BCUT2D eigenvalue weighted by Crippen LogP contribution is -2.08. The second kappa shape index (κ2) is 9.58. The highest BCUT2D eigenvalue weighted by Crippen LogP contribution is 2.40. The number of rotatable bonds is 7. The Bertz CT molecular complexity index is 1270. The molecule has 0 fully saturated rings. The zero-order valence-electron chi connectivity index (χ0n) is 19.0. The molecule has 0 atom stereocenters. The molecule has 1 aliphatic heterocycles. The van der Waals surface area contributed by atoms with E-state index in [1.54, 1.807) is 54.6 Å². The number of hydrogen-bond acceptors (Lipinski definition) is 8. The number of carbonyl (C=O) groups is 2. The summed E-state index contributed by atoms with van der Waals surface area (Å²) >= 11 is 0. The van der Waals surface area contributed by atoms with Crippen molar-refractivity contribution in [2.24, 2.45) is 0 Å². The van der Waals surface area contributed by atoms with Crippen LogP contribution in [0.1, 0.15) is 26.3 Å². The molecule has 0 unspecified atom stereocenters. The van der Waals surface area contributed by atoms with Crippen LogP contribution in [0.15, 0.2) is 60.4 Å². The molecule has 8 heteroatoms. The number of fused-ring (bicyclic) bond motifs is 1. The molecule has 0 bridgehead atoms. The van der Waals surface area contributed by atoms with Crippen molar-refractivity contribution >= 4 is 17.8 Å². The largest absolute Gasteiger partial charge is 0.497 e. The first kappa shape index (κ1) is 22.7. The Balaban J connectivity index is 1.58. The van der Waals surface area contributed by atoms with Gasteiger partial charge in [0, 0.05) is 6.07 Å². The third kappa shape index (κ3) is 4.38. The van der Waals surface area contributed by atoms with Gasteiger partial charge in [-0.05, 0) is 54.1 Å². The van der Waals surface area contributed by atoms with Gasteiger partial charge in [-0.25, -0.2) is 4.79 Å². The summed E-state index contributed by atoms with van der Waals surface area (Å²) in [5, 5.41) is 0. The fourth-order valence-corrected chi connectivity index (χ4v) is 3.48. The normalized spacial score (nSPS) is 13.2. The van der Waals surface area contributed by atoms with E-state index in [2.05, 4.69) is 0 Å². The predicted octanol–water partition coefficient (Wildman–Crippen LogP) is 4.56. The number of benzene rings is 3. The van der Waals surface area contributed by atoms with Crippen molar-refractivity contribution in [3.05, 3.63) is 77.0 Å². The molecule has 0 aromatic heterocycles. The molecule has 0 spiro atoms. The quantitative estimate of drug-likeness (QED) is 0.287. The second-order valence-corrected chi connectivity index (χ2v) is 7.18. The highest BCUT2D eigenvalue weighted by molar-refractivity contribution is 6.14. The molecule has 4 rings (SSSR count). The first-order valence-corrected chi connectivity index (χ1v) is 10.2. The van der Waals surface area contributed by atoms with Crippen molar-refractivity contribution in [2.45, 2.75) is 0 Å². The molecule has 3 aromatic carbocycles. The summed E-state index contributed by atoms with van der Waals surface area (Å²) < 4.78 is 32.4. The molecule has 1 aliphatic rings. The van der Waals surface area contributed by atoms with Crippen LogP contribution in [0.25, 0.3) is 6.08 Å². The monoisotopic (exact) mass is 462 g/mol. The number of ketones is 1. The zero-order valence-corrected chi connectivity index (χ0v) is 19.0. The molecule has 0 N–H and O–H groups in total. The van der Waals surface area contributed by atoms with Crippen LogP contribution in [0.4, 0.5) is 0 Å². The van der Waals surface area contributed by atoms with Crippen LogP contribution in [0.5, 0.6) is 34.5 Å². The minimum absolute atomic E-state index is 0.112. The Morgan fingerprint density at radius 1 is 0.824 bits per heavy atom. The van der Waals surface area contributed by atoms with Crippen molar-refractivity contribution in [3.63, 3.8) is 0 Å². The molecule has 0 saturated carbocycles. The van der Waals surface area contributed by atoms with Gasteiger partial charge in [-0.1, -0.05) is 6.07 Å². The van der Waals surface area contributed by atoms with Crippen molar-refractivity contribution in [3.8, 4) is 34.5 Å². The van der Waals surface area contributed by atoms with E-state index in [9.17, 15) is 9.59 Å². The Morgan fingerprint density at radius 3 is 2.21 bits per heavy atom. The Morgan fingerprint density at radius 2 is 1.56 bits per heavy atom. The molecule has 3 aromatic rings. The van der Waals surface area contributed by atoms with Gasteiger partial charge in [0.2, 0.25) is 11.5 Å². The molecule has 0 amide bonds. The van der Waals surface area contributed by atoms with E-state index in [0.29, 0.717) is 45.4 Å². The van der Waals surface area contributed by atoms with E-state index in [4.69, 9.17) is 28.4 Å². The fraction of sp³-hybridized carbons (Fsp3) is 0.154. The van der Waals surface area contributed by atoms with Crippen molar-refractivity contribution in [1.82, 2.24) is 0 Å². The van der Waals surface area contributed by atoms with Gasteiger partial charge < -0.3 is 28.4 Å². The van der Waals surface area contributed by atoms with Gasteiger partial charge in [0.25, 0.3) is 0 Å². The Hall–Kier alpha value is -4.46. The zero-order chi connectivity index (χ0) is 24.2. The summed E-state index contributed by atoms with van der Waals surface area (Å²) in [5.74, 6) is 1.67. The number of esters is 1. The molecule has 1 heterocycles. The van der Waals surface area contributed by atoms with Crippen LogP contribution < -0.4 is 28.4 Å². The average molecular weight is 462 g/mol. The number of hydrogen-bond donors (Lipinski definition) is 0. The Kier molecular flexibility index (Phi) is 6.40. The minimum atomic E-state index is -0.559. The smallest absolute Gasteiger partial charge is 0.343 e. The lowest BCUT2D eigenvalue weighted by atomic mass is 10.1. The first-order valence-electron chi connectivity index (χ1n) is 10.2. The average Bonchev–Trinajstić information content (AvgIpc) is 3.17. The summed E-state index contributed by atoms with van der Waals surface area (Å²) in [6.07, 6.45) is 1.58. The second-order valence-electron chi connectivity index (χ2n) is 7.18. The lowest BCUT2D eigenvalue weighted by molar-refractivity contribution is 0.0734. The van der Waals surface area contributed by atoms with Crippen LogP contribution in [-0.4, -0.2) is 40.2 Å². The number of ether oxygens (including phenoxy) is 6. The highest BCUT2D eigenvalue weighted by atomic mass is 16.5. The maximum atomic E-state index is 12.9. The summed E-state index contributed by atoms with van der Waals surface area (Å²) in [5.41, 5.74) is 1.31. The van der Waals surface area contributed by atoms with Crippen LogP contribution in [0, 0.1) is 0 Å². The van der Waals surface area contributed by atoms with Gasteiger partial charge in [0.1, 0.15) is 17.2 Å². The molecule has 34 heavy (non-hydrogen) atoms. The minimum Gasteiger partial charge on any atom is -0.497 e. The van der Waals surface area contributed by atoms with Crippen LogP contribution in [0.2, 0.25) is 0 Å². The van der Waals surface area contributed by atoms with Gasteiger partial charge >= 0.3 is 5.97 Å². The molecule has 0 radical (unpaired) electrons. The third-order valence-electron chi connectivity index (χ3n) is 5.14. The summed E-state index contributed by atoms with van der Waals surface area (Å²) in [7, 11) is 6.05. The van der Waals surface area contributed by atoms with Crippen molar-refractivity contribution < 1.29 is 38.0 Å². The maximum Gasteiger partial charge on any atom is 0.343 e. The van der Waals surface area contributed by atoms with E-state index in [-0.39, 0.29) is 17.3 Å². The van der Waals surface area contributed by atoms with Crippen LogP contribution in [0.3, 0.4) is 0 Å². The summed E-state index contributed by atoms with van der Waals surface area (Å²) in [6.45, 7) is 0. The van der Waals surface area contributed by atoms with Crippen LogP contribution in [-0.2, 0) is 0 Å². The van der Waals surface area contributed by atoms with Gasteiger partial charge in [0.05, 0.1) is 39.6 Å². The molecule has 8 nitrogen and oxygen atoms in total. The number of methoxy groups -OCH3 is 4. The number of Topliss-reactive ketones (excluding diaryl/α,β-unsaturated/α-hetero) is 1. The van der Waals surface area contributed by atoms with Gasteiger partial charge in [-0.3, -0.25) is 4.79 Å². The standard InChI is InChI=1S/C26H22O8/c1-29-17-7-5-6-16(13-17)26(28)33-18-8-9-19-20(14-18)34-21(24(19)27)10-15-11-22(30-2)25(32-4)23(12-15)31-3/h5-14H,1-4H3/b21-10-.